The molecule has 8 heteroatoms. The maximum absolute atomic E-state index is 11.8. The van der Waals surface area contributed by atoms with Crippen LogP contribution >= 0.6 is 46.1 Å². The normalized spacial score (nSPS) is 10.3. The zero-order valence-corrected chi connectivity index (χ0v) is 11.2. The Labute approximate surface area is 116 Å². The van der Waals surface area contributed by atoms with E-state index in [4.69, 9.17) is 34.8 Å². The molecule has 0 atom stereocenters. The first-order valence-electron chi connectivity index (χ1n) is 4.30. The molecule has 2 aromatic heterocycles. The highest BCUT2D eigenvalue weighted by Crippen LogP contribution is 2.27. The highest BCUT2D eigenvalue weighted by Gasteiger charge is 2.15. The van der Waals surface area contributed by atoms with Gasteiger partial charge in [0.25, 0.3) is 5.91 Å². The Hall–Kier alpha value is -0.880. The summed E-state index contributed by atoms with van der Waals surface area (Å²) in [6.07, 6.45) is 1.21. The number of hydrogen-bond acceptors (Lipinski definition) is 4. The van der Waals surface area contributed by atoms with Crippen LogP contribution in [0, 0.1) is 0 Å². The predicted molar refractivity (Wildman–Crippen MR) is 69.3 cm³/mol. The molecular formula is C9H4Cl3N3OS. The number of aromatic nitrogens is 2. The van der Waals surface area contributed by atoms with Gasteiger partial charge in [0.05, 0.1) is 5.02 Å². The molecule has 0 unspecified atom stereocenters. The second-order valence-corrected chi connectivity index (χ2v) is 4.94. The van der Waals surface area contributed by atoms with Crippen LogP contribution in [-0.4, -0.2) is 15.9 Å². The maximum Gasteiger partial charge on any atom is 0.268 e. The summed E-state index contributed by atoms with van der Waals surface area (Å²) < 4.78 is 0. The lowest BCUT2D eigenvalue weighted by Crippen LogP contribution is -2.12. The van der Waals surface area contributed by atoms with Crippen molar-refractivity contribution in [3.05, 3.63) is 37.8 Å². The average Bonchev–Trinajstić information content (AvgIpc) is 2.71. The fourth-order valence-corrected chi connectivity index (χ4v) is 2.37. The van der Waals surface area contributed by atoms with Crippen LogP contribution in [0.5, 0.6) is 0 Å². The van der Waals surface area contributed by atoms with Crippen molar-refractivity contribution in [3.63, 3.8) is 0 Å². The fraction of sp³-hybridized carbons (Fsp3) is 0. The Morgan fingerprint density at radius 3 is 2.71 bits per heavy atom. The van der Waals surface area contributed by atoms with E-state index in [0.29, 0.717) is 9.90 Å². The van der Waals surface area contributed by atoms with E-state index in [0.717, 1.165) is 0 Å². The van der Waals surface area contributed by atoms with E-state index in [2.05, 4.69) is 15.3 Å². The largest absolute Gasteiger partial charge is 0.304 e. The van der Waals surface area contributed by atoms with Gasteiger partial charge in [0.15, 0.2) is 11.0 Å². The molecule has 88 valence electrons. The van der Waals surface area contributed by atoms with Crippen LogP contribution in [0.3, 0.4) is 0 Å². The SMILES string of the molecule is O=C(Nc1ncnc(Cl)c1Cl)c1sccc1Cl. The first-order chi connectivity index (χ1) is 8.09. The van der Waals surface area contributed by atoms with E-state index in [-0.39, 0.29) is 21.9 Å². The summed E-state index contributed by atoms with van der Waals surface area (Å²) in [5, 5.41) is 4.78. The highest BCUT2D eigenvalue weighted by molar-refractivity contribution is 7.12. The third kappa shape index (κ3) is 2.69. The van der Waals surface area contributed by atoms with Gasteiger partial charge >= 0.3 is 0 Å². The minimum Gasteiger partial charge on any atom is -0.304 e. The molecule has 0 spiro atoms. The fourth-order valence-electron chi connectivity index (χ4n) is 1.06. The van der Waals surface area contributed by atoms with Crippen molar-refractivity contribution in [2.75, 3.05) is 5.32 Å². The quantitative estimate of drug-likeness (QED) is 0.860. The highest BCUT2D eigenvalue weighted by atomic mass is 35.5. The van der Waals surface area contributed by atoms with Gasteiger partial charge < -0.3 is 5.32 Å². The molecule has 0 saturated carbocycles. The Bertz CT molecular complexity index is 572. The standard InChI is InChI=1S/C9H4Cl3N3OS/c10-4-1-2-17-6(4)9(16)15-8-5(11)7(12)13-3-14-8/h1-3H,(H,13,14,15,16). The first-order valence-corrected chi connectivity index (χ1v) is 6.31. The van der Waals surface area contributed by atoms with Gasteiger partial charge in [-0.3, -0.25) is 4.79 Å². The third-order valence-corrected chi connectivity index (χ3v) is 3.88. The smallest absolute Gasteiger partial charge is 0.268 e. The Morgan fingerprint density at radius 1 is 1.29 bits per heavy atom. The molecule has 17 heavy (non-hydrogen) atoms. The number of carbonyl (C=O) groups is 1. The summed E-state index contributed by atoms with van der Waals surface area (Å²) >= 11 is 18.6. The molecule has 0 aromatic carbocycles. The van der Waals surface area contributed by atoms with Crippen molar-refractivity contribution in [2.24, 2.45) is 0 Å². The number of thiophene rings is 1. The molecule has 0 bridgehead atoms. The molecule has 0 radical (unpaired) electrons. The summed E-state index contributed by atoms with van der Waals surface area (Å²) in [4.78, 5) is 19.7. The summed E-state index contributed by atoms with van der Waals surface area (Å²) in [5.41, 5.74) is 0. The minimum absolute atomic E-state index is 0.0780. The summed E-state index contributed by atoms with van der Waals surface area (Å²) in [7, 11) is 0. The molecule has 0 fully saturated rings. The van der Waals surface area contributed by atoms with Crippen molar-refractivity contribution in [3.8, 4) is 0 Å². The number of amides is 1. The van der Waals surface area contributed by atoms with Crippen LogP contribution < -0.4 is 5.32 Å². The van der Waals surface area contributed by atoms with Crippen LogP contribution in [0.25, 0.3) is 0 Å². The molecule has 1 amide bonds. The van der Waals surface area contributed by atoms with Crippen LogP contribution in [0.15, 0.2) is 17.8 Å². The molecule has 4 nitrogen and oxygen atoms in total. The van der Waals surface area contributed by atoms with Gasteiger partial charge in [-0.1, -0.05) is 34.8 Å². The van der Waals surface area contributed by atoms with E-state index in [9.17, 15) is 4.79 Å². The van der Waals surface area contributed by atoms with E-state index >= 15 is 0 Å². The van der Waals surface area contributed by atoms with E-state index in [1.807, 2.05) is 0 Å². The number of nitrogens with zero attached hydrogens (tertiary/aromatic N) is 2. The van der Waals surface area contributed by atoms with Crippen molar-refractivity contribution < 1.29 is 4.79 Å². The van der Waals surface area contributed by atoms with Crippen molar-refractivity contribution in [2.45, 2.75) is 0 Å². The van der Waals surface area contributed by atoms with Gasteiger partial charge in [-0.2, -0.15) is 0 Å². The molecule has 0 aliphatic rings. The molecule has 2 aromatic rings. The van der Waals surface area contributed by atoms with Crippen molar-refractivity contribution in [1.29, 1.82) is 0 Å². The zero-order valence-electron chi connectivity index (χ0n) is 8.08. The van der Waals surface area contributed by atoms with Gasteiger partial charge in [-0.15, -0.1) is 11.3 Å². The number of anilines is 1. The third-order valence-electron chi connectivity index (χ3n) is 1.80. The van der Waals surface area contributed by atoms with Gasteiger partial charge in [0.1, 0.15) is 16.2 Å². The number of rotatable bonds is 2. The van der Waals surface area contributed by atoms with E-state index < -0.39 is 0 Å². The van der Waals surface area contributed by atoms with Gasteiger partial charge in [-0.25, -0.2) is 9.97 Å². The van der Waals surface area contributed by atoms with Crippen LogP contribution in [-0.2, 0) is 0 Å². The van der Waals surface area contributed by atoms with Crippen LogP contribution in [0.4, 0.5) is 5.82 Å². The monoisotopic (exact) mass is 307 g/mol. The minimum atomic E-state index is -0.387. The van der Waals surface area contributed by atoms with Crippen LogP contribution in [0.1, 0.15) is 9.67 Å². The second kappa shape index (κ2) is 5.18. The Morgan fingerprint density at radius 2 is 2.06 bits per heavy atom. The first kappa shape index (κ1) is 12.6. The molecule has 1 N–H and O–H groups in total. The molecule has 0 saturated heterocycles. The summed E-state index contributed by atoms with van der Waals surface area (Å²) in [6.45, 7) is 0. The lowest BCUT2D eigenvalue weighted by Gasteiger charge is -2.05. The lowest BCUT2D eigenvalue weighted by molar-refractivity contribution is 0.103. The molecule has 2 rings (SSSR count). The number of carbonyl (C=O) groups excluding carboxylic acids is 1. The van der Waals surface area contributed by atoms with Gasteiger partial charge in [-0.05, 0) is 11.4 Å². The zero-order chi connectivity index (χ0) is 12.4. The predicted octanol–water partition coefficient (Wildman–Crippen LogP) is 3.75. The number of nitrogens with one attached hydrogen (secondary N) is 1. The van der Waals surface area contributed by atoms with Gasteiger partial charge in [0, 0.05) is 0 Å². The summed E-state index contributed by atoms with van der Waals surface area (Å²) in [6, 6.07) is 1.63. The van der Waals surface area contributed by atoms with E-state index in [1.54, 1.807) is 11.4 Å². The van der Waals surface area contributed by atoms with Crippen molar-refractivity contribution >= 4 is 57.9 Å². The second-order valence-electron chi connectivity index (χ2n) is 2.88. The molecule has 2 heterocycles. The number of halogens is 3. The molecule has 0 aliphatic heterocycles. The van der Waals surface area contributed by atoms with Crippen molar-refractivity contribution in [1.82, 2.24) is 9.97 Å². The Kier molecular flexibility index (Phi) is 3.83. The molecular weight excluding hydrogens is 305 g/mol. The van der Waals surface area contributed by atoms with E-state index in [1.165, 1.54) is 17.7 Å². The topological polar surface area (TPSA) is 54.9 Å². The van der Waals surface area contributed by atoms with Gasteiger partial charge in [0.2, 0.25) is 0 Å². The Balaban J connectivity index is 2.25. The van der Waals surface area contributed by atoms with Crippen LogP contribution in [0.2, 0.25) is 15.2 Å². The lowest BCUT2D eigenvalue weighted by atomic mass is 10.4. The maximum atomic E-state index is 11.8. The number of hydrogen-bond donors (Lipinski definition) is 1. The molecule has 0 aliphatic carbocycles. The summed E-state index contributed by atoms with van der Waals surface area (Å²) in [5.74, 6) is -0.234. The average molecular weight is 309 g/mol.